The molecule has 1 N–H and O–H groups in total. The van der Waals surface area contributed by atoms with E-state index in [0.717, 1.165) is 5.56 Å². The number of hydrogen-bond acceptors (Lipinski definition) is 7. The average Bonchev–Trinajstić information content (AvgIpc) is 2.87. The molecular weight excluding hydrogens is 492 g/mol. The smallest absolute Gasteiger partial charge is 0.264 e. The van der Waals surface area contributed by atoms with Gasteiger partial charge in [0.1, 0.15) is 19.0 Å². The van der Waals surface area contributed by atoms with E-state index in [1.165, 1.54) is 35.7 Å². The summed E-state index contributed by atoms with van der Waals surface area (Å²) >= 11 is 0. The van der Waals surface area contributed by atoms with E-state index < -0.39 is 20.0 Å². The van der Waals surface area contributed by atoms with Crippen LogP contribution < -0.4 is 23.2 Å². The highest BCUT2D eigenvalue weighted by molar-refractivity contribution is 7.93. The van der Waals surface area contributed by atoms with E-state index in [1.807, 2.05) is 0 Å². The predicted octanol–water partition coefficient (Wildman–Crippen LogP) is 3.41. The molecule has 0 aliphatic carbocycles. The van der Waals surface area contributed by atoms with Gasteiger partial charge in [-0.1, -0.05) is 0 Å². The first kappa shape index (κ1) is 23.3. The van der Waals surface area contributed by atoms with Gasteiger partial charge < -0.3 is 14.2 Å². The molecule has 3 aromatic carbocycles. The molecule has 0 unspecified atom stereocenters. The van der Waals surface area contributed by atoms with Crippen LogP contribution in [0.15, 0.2) is 70.5 Å². The van der Waals surface area contributed by atoms with Crippen molar-refractivity contribution in [2.24, 2.45) is 0 Å². The second kappa shape index (κ2) is 8.97. The zero-order valence-corrected chi connectivity index (χ0v) is 20.6. The summed E-state index contributed by atoms with van der Waals surface area (Å²) in [4.78, 5) is 0.206. The Hall–Kier alpha value is -3.44. The second-order valence-electron chi connectivity index (χ2n) is 8.11. The fourth-order valence-electron chi connectivity index (χ4n) is 4.16. The molecule has 0 atom stereocenters. The van der Waals surface area contributed by atoms with Crippen LogP contribution in [0.4, 0.5) is 11.4 Å². The summed E-state index contributed by atoms with van der Waals surface area (Å²) in [7, 11) is -6.16. The van der Waals surface area contributed by atoms with Gasteiger partial charge in [0.25, 0.3) is 20.0 Å². The molecule has 11 heteroatoms. The average molecular weight is 517 g/mol. The minimum Gasteiger partial charge on any atom is -0.497 e. The summed E-state index contributed by atoms with van der Waals surface area (Å²) in [6.07, 6.45) is 1.24. The van der Waals surface area contributed by atoms with E-state index in [2.05, 4.69) is 4.72 Å². The number of hydrogen-bond donors (Lipinski definition) is 1. The molecule has 184 valence electrons. The van der Waals surface area contributed by atoms with Crippen molar-refractivity contribution in [1.29, 1.82) is 0 Å². The van der Waals surface area contributed by atoms with Gasteiger partial charge in [0, 0.05) is 18.3 Å². The highest BCUT2D eigenvalue weighted by Gasteiger charge is 2.29. The predicted molar refractivity (Wildman–Crippen MR) is 131 cm³/mol. The van der Waals surface area contributed by atoms with Crippen LogP contribution in [0.25, 0.3) is 0 Å². The van der Waals surface area contributed by atoms with Crippen LogP contribution in [0.1, 0.15) is 12.0 Å². The molecule has 0 fully saturated rings. The normalized spacial score (nSPS) is 15.3. The minimum atomic E-state index is -3.89. The van der Waals surface area contributed by atoms with Crippen LogP contribution in [-0.2, 0) is 26.5 Å². The van der Waals surface area contributed by atoms with Crippen molar-refractivity contribution in [2.45, 2.75) is 22.6 Å². The Morgan fingerprint density at radius 2 is 1.57 bits per heavy atom. The Balaban J connectivity index is 1.41. The van der Waals surface area contributed by atoms with E-state index in [1.54, 1.807) is 36.4 Å². The standard InChI is InChI=1S/C24H24N2O7S2/c1-31-19-5-7-20(8-6-19)35(29,30)26-12-2-3-17-15-18(4-10-22(17)26)25-34(27,28)21-9-11-23-24(16-21)33-14-13-32-23/h4-11,15-16,25H,2-3,12-14H2,1H3. The summed E-state index contributed by atoms with van der Waals surface area (Å²) in [6.45, 7) is 1.10. The van der Waals surface area contributed by atoms with Crippen molar-refractivity contribution < 1.29 is 31.0 Å². The number of fused-ring (bicyclic) bond motifs is 2. The summed E-state index contributed by atoms with van der Waals surface area (Å²) in [5.41, 5.74) is 1.63. The molecule has 0 aromatic heterocycles. The second-order valence-corrected chi connectivity index (χ2v) is 11.7. The van der Waals surface area contributed by atoms with Crippen molar-refractivity contribution in [1.82, 2.24) is 0 Å². The van der Waals surface area contributed by atoms with Gasteiger partial charge in [-0.25, -0.2) is 16.8 Å². The van der Waals surface area contributed by atoms with Gasteiger partial charge in [-0.3, -0.25) is 9.03 Å². The highest BCUT2D eigenvalue weighted by Crippen LogP contribution is 2.36. The summed E-state index contributed by atoms with van der Waals surface area (Å²) in [5, 5.41) is 0. The maximum atomic E-state index is 13.3. The highest BCUT2D eigenvalue weighted by atomic mass is 32.2. The third-order valence-electron chi connectivity index (χ3n) is 5.88. The first-order chi connectivity index (χ1) is 16.8. The number of ether oxygens (including phenoxy) is 3. The molecule has 2 aliphatic heterocycles. The molecule has 5 rings (SSSR count). The first-order valence-corrected chi connectivity index (χ1v) is 13.9. The van der Waals surface area contributed by atoms with Gasteiger partial charge in [0.15, 0.2) is 11.5 Å². The summed E-state index contributed by atoms with van der Waals surface area (Å²) in [5.74, 6) is 1.45. The topological polar surface area (TPSA) is 111 Å². The minimum absolute atomic E-state index is 0.0446. The molecule has 3 aromatic rings. The molecule has 9 nitrogen and oxygen atoms in total. The van der Waals surface area contributed by atoms with Gasteiger partial charge in [0.2, 0.25) is 0 Å². The molecule has 0 amide bonds. The lowest BCUT2D eigenvalue weighted by Crippen LogP contribution is -2.35. The summed E-state index contributed by atoms with van der Waals surface area (Å²) in [6, 6.07) is 15.6. The molecule has 2 aliphatic rings. The molecule has 35 heavy (non-hydrogen) atoms. The van der Waals surface area contributed by atoms with Gasteiger partial charge in [-0.05, 0) is 73.0 Å². The Morgan fingerprint density at radius 3 is 2.31 bits per heavy atom. The number of nitrogens with zero attached hydrogens (tertiary/aromatic N) is 1. The van der Waals surface area contributed by atoms with Crippen LogP contribution in [0.2, 0.25) is 0 Å². The van der Waals surface area contributed by atoms with Crippen LogP contribution in [0.5, 0.6) is 17.2 Å². The number of benzene rings is 3. The number of rotatable bonds is 6. The van der Waals surface area contributed by atoms with E-state index in [0.29, 0.717) is 61.2 Å². The van der Waals surface area contributed by atoms with Crippen LogP contribution in [0, 0.1) is 0 Å². The fourth-order valence-corrected chi connectivity index (χ4v) is 6.76. The van der Waals surface area contributed by atoms with Crippen LogP contribution in [0.3, 0.4) is 0 Å². The zero-order chi connectivity index (χ0) is 24.6. The monoisotopic (exact) mass is 516 g/mol. The van der Waals surface area contributed by atoms with E-state index in [-0.39, 0.29) is 9.79 Å². The van der Waals surface area contributed by atoms with Crippen LogP contribution >= 0.6 is 0 Å². The lowest BCUT2D eigenvalue weighted by Gasteiger charge is -2.31. The molecular formula is C24H24N2O7S2. The largest absolute Gasteiger partial charge is 0.497 e. The van der Waals surface area contributed by atoms with E-state index in [4.69, 9.17) is 14.2 Å². The lowest BCUT2D eigenvalue weighted by molar-refractivity contribution is 0.171. The van der Waals surface area contributed by atoms with E-state index in [9.17, 15) is 16.8 Å². The van der Waals surface area contributed by atoms with Crippen molar-refractivity contribution in [2.75, 3.05) is 35.9 Å². The molecule has 0 saturated heterocycles. The van der Waals surface area contributed by atoms with Crippen molar-refractivity contribution in [3.8, 4) is 17.2 Å². The SMILES string of the molecule is COc1ccc(S(=O)(=O)N2CCCc3cc(NS(=O)(=O)c4ccc5c(c4)OCCO5)ccc32)cc1. The first-order valence-electron chi connectivity index (χ1n) is 11.0. The molecule has 0 radical (unpaired) electrons. The zero-order valence-electron chi connectivity index (χ0n) is 18.9. The van der Waals surface area contributed by atoms with Crippen LogP contribution in [-0.4, -0.2) is 43.7 Å². The Bertz CT molecular complexity index is 1470. The number of aryl methyl sites for hydroxylation is 1. The van der Waals surface area contributed by atoms with Gasteiger partial charge >= 0.3 is 0 Å². The van der Waals surface area contributed by atoms with E-state index >= 15 is 0 Å². The van der Waals surface area contributed by atoms with Gasteiger partial charge in [-0.15, -0.1) is 0 Å². The number of anilines is 2. The maximum absolute atomic E-state index is 13.3. The number of sulfonamides is 2. The van der Waals surface area contributed by atoms with Crippen molar-refractivity contribution in [3.05, 3.63) is 66.2 Å². The maximum Gasteiger partial charge on any atom is 0.264 e. The quantitative estimate of drug-likeness (QED) is 0.534. The lowest BCUT2D eigenvalue weighted by atomic mass is 10.0. The van der Waals surface area contributed by atoms with Gasteiger partial charge in [0.05, 0.1) is 22.6 Å². The molecule has 2 heterocycles. The molecule has 0 spiro atoms. The molecule has 0 saturated carbocycles. The third-order valence-corrected chi connectivity index (χ3v) is 9.09. The van der Waals surface area contributed by atoms with Gasteiger partial charge in [-0.2, -0.15) is 0 Å². The molecule has 0 bridgehead atoms. The third kappa shape index (κ3) is 4.48. The number of methoxy groups -OCH3 is 1. The Labute approximate surface area is 204 Å². The number of nitrogens with one attached hydrogen (secondary N) is 1. The van der Waals surface area contributed by atoms with Crippen molar-refractivity contribution in [3.63, 3.8) is 0 Å². The fraction of sp³-hybridized carbons (Fsp3) is 0.250. The van der Waals surface area contributed by atoms with Crippen molar-refractivity contribution >= 4 is 31.4 Å². The Morgan fingerprint density at radius 1 is 0.857 bits per heavy atom. The summed E-state index contributed by atoms with van der Waals surface area (Å²) < 4.78 is 72.6. The Kier molecular flexibility index (Phi) is 5.97.